The highest BCUT2D eigenvalue weighted by Crippen LogP contribution is 2.40. The van der Waals surface area contributed by atoms with Gasteiger partial charge in [-0.3, -0.25) is 9.89 Å². The lowest BCUT2D eigenvalue weighted by Crippen LogP contribution is -2.31. The summed E-state index contributed by atoms with van der Waals surface area (Å²) in [5.74, 6) is 0.770. The molecule has 4 rings (SSSR count). The number of nitrogens with one attached hydrogen (secondary N) is 1. The molecule has 0 radical (unpaired) electrons. The predicted molar refractivity (Wildman–Crippen MR) is 88.1 cm³/mol. The van der Waals surface area contributed by atoms with Crippen LogP contribution in [0, 0.1) is 6.92 Å². The molecule has 128 valence electrons. The lowest BCUT2D eigenvalue weighted by atomic mass is 10.0. The van der Waals surface area contributed by atoms with Crippen molar-refractivity contribution < 1.29 is 9.53 Å². The number of carbonyl (C=O) groups is 1. The Morgan fingerprint density at radius 1 is 1.33 bits per heavy atom. The first-order chi connectivity index (χ1) is 11.6. The Balaban J connectivity index is 1.69. The first-order valence-corrected chi connectivity index (χ1v) is 8.56. The third kappa shape index (κ3) is 2.14. The van der Waals surface area contributed by atoms with Gasteiger partial charge in [0, 0.05) is 24.8 Å². The number of ether oxygens (including phenoxy) is 1. The van der Waals surface area contributed by atoms with Crippen LogP contribution >= 0.6 is 0 Å². The summed E-state index contributed by atoms with van der Waals surface area (Å²) in [7, 11) is 3.53. The minimum absolute atomic E-state index is 0.00917. The Kier molecular flexibility index (Phi) is 3.58. The number of aromatic amines is 1. The lowest BCUT2D eigenvalue weighted by molar-refractivity contribution is 0.0726. The van der Waals surface area contributed by atoms with Crippen LogP contribution in [0.15, 0.2) is 0 Å². The number of nitrogens with zero attached hydrogens (tertiary/aromatic N) is 4. The quantitative estimate of drug-likeness (QED) is 0.933. The number of aryl methyl sites for hydroxylation is 3. The highest BCUT2D eigenvalue weighted by atomic mass is 16.5. The Morgan fingerprint density at radius 3 is 2.96 bits per heavy atom. The van der Waals surface area contributed by atoms with E-state index < -0.39 is 0 Å². The molecule has 1 fully saturated rings. The Bertz CT molecular complexity index is 791. The van der Waals surface area contributed by atoms with E-state index in [1.807, 2.05) is 18.9 Å². The molecule has 2 aromatic rings. The molecule has 7 heteroatoms. The van der Waals surface area contributed by atoms with Gasteiger partial charge in [-0.1, -0.05) is 0 Å². The summed E-state index contributed by atoms with van der Waals surface area (Å²) in [5, 5.41) is 11.8. The molecule has 1 aliphatic carbocycles. The summed E-state index contributed by atoms with van der Waals surface area (Å²) in [5.41, 5.74) is 4.80. The van der Waals surface area contributed by atoms with Gasteiger partial charge in [-0.15, -0.1) is 0 Å². The maximum absolute atomic E-state index is 13.1. The van der Waals surface area contributed by atoms with E-state index in [0.717, 1.165) is 67.0 Å². The molecule has 1 aliphatic heterocycles. The van der Waals surface area contributed by atoms with E-state index in [4.69, 9.17) is 4.74 Å². The number of aromatic nitrogens is 4. The number of H-pyrrole nitrogens is 1. The predicted octanol–water partition coefficient (Wildman–Crippen LogP) is 1.93. The fourth-order valence-corrected chi connectivity index (χ4v) is 4.22. The molecule has 1 saturated heterocycles. The summed E-state index contributed by atoms with van der Waals surface area (Å²) >= 11 is 0. The molecule has 1 atom stereocenters. The lowest BCUT2D eigenvalue weighted by Gasteiger charge is -2.25. The minimum atomic E-state index is 0.00917. The number of likely N-dealkylation sites (tertiary alicyclic amines) is 1. The van der Waals surface area contributed by atoms with Crippen molar-refractivity contribution in [3.63, 3.8) is 0 Å². The zero-order valence-electron chi connectivity index (χ0n) is 14.4. The van der Waals surface area contributed by atoms with E-state index >= 15 is 0 Å². The van der Waals surface area contributed by atoms with E-state index in [1.165, 1.54) is 0 Å². The van der Waals surface area contributed by atoms with Crippen molar-refractivity contribution in [2.75, 3.05) is 13.7 Å². The monoisotopic (exact) mass is 329 g/mol. The third-order valence-corrected chi connectivity index (χ3v) is 5.26. The van der Waals surface area contributed by atoms with Gasteiger partial charge in [-0.25, -0.2) is 4.68 Å². The van der Waals surface area contributed by atoms with Gasteiger partial charge in [-0.05, 0) is 39.0 Å². The van der Waals surface area contributed by atoms with E-state index in [0.29, 0.717) is 5.69 Å². The Labute approximate surface area is 141 Å². The average Bonchev–Trinajstić information content (AvgIpc) is 3.28. The van der Waals surface area contributed by atoms with Crippen LogP contribution in [-0.2, 0) is 19.9 Å². The smallest absolute Gasteiger partial charge is 0.275 e. The van der Waals surface area contributed by atoms with Gasteiger partial charge in [0.05, 0.1) is 24.4 Å². The van der Waals surface area contributed by atoms with Crippen LogP contribution in [0.4, 0.5) is 0 Å². The van der Waals surface area contributed by atoms with Gasteiger partial charge in [-0.2, -0.15) is 10.2 Å². The normalized spacial score (nSPS) is 19.8. The molecule has 3 heterocycles. The van der Waals surface area contributed by atoms with Crippen LogP contribution < -0.4 is 4.74 Å². The van der Waals surface area contributed by atoms with Crippen molar-refractivity contribution in [1.29, 1.82) is 0 Å². The molecule has 2 aliphatic rings. The number of fused-ring (bicyclic) bond motifs is 1. The van der Waals surface area contributed by atoms with Crippen molar-refractivity contribution in [3.8, 4) is 5.88 Å². The first-order valence-electron chi connectivity index (χ1n) is 8.56. The highest BCUT2D eigenvalue weighted by Gasteiger charge is 2.37. The standard InChI is InChI=1S/C17H23N5O2/c1-10-14(17(24-3)21(2)20-10)13-8-5-9-22(13)16(23)15-11-6-4-7-12(11)18-19-15/h13H,4-9H2,1-3H3,(H,18,19). The van der Waals surface area contributed by atoms with Crippen LogP contribution in [-0.4, -0.2) is 44.4 Å². The van der Waals surface area contributed by atoms with Crippen molar-refractivity contribution in [1.82, 2.24) is 24.9 Å². The zero-order valence-corrected chi connectivity index (χ0v) is 14.4. The number of hydrogen-bond acceptors (Lipinski definition) is 4. The van der Waals surface area contributed by atoms with Gasteiger partial charge >= 0.3 is 0 Å². The number of hydrogen-bond donors (Lipinski definition) is 1. The topological polar surface area (TPSA) is 76.0 Å². The second-order valence-electron chi connectivity index (χ2n) is 6.67. The molecule has 1 amide bonds. The number of rotatable bonds is 3. The molecule has 24 heavy (non-hydrogen) atoms. The van der Waals surface area contributed by atoms with E-state index in [2.05, 4.69) is 15.3 Å². The third-order valence-electron chi connectivity index (χ3n) is 5.26. The molecule has 0 bridgehead atoms. The molecule has 2 aromatic heterocycles. The number of amides is 1. The largest absolute Gasteiger partial charge is 0.481 e. The molecule has 1 N–H and O–H groups in total. The van der Waals surface area contributed by atoms with Gasteiger partial charge in [0.1, 0.15) is 0 Å². The Hall–Kier alpha value is -2.31. The minimum Gasteiger partial charge on any atom is -0.481 e. The SMILES string of the molecule is COc1c(C2CCCN2C(=O)c2n[nH]c3c2CCC3)c(C)nn1C. The molecule has 1 unspecified atom stereocenters. The summed E-state index contributed by atoms with van der Waals surface area (Å²) in [6.07, 6.45) is 4.96. The maximum Gasteiger partial charge on any atom is 0.275 e. The summed E-state index contributed by atoms with van der Waals surface area (Å²) in [4.78, 5) is 15.1. The summed E-state index contributed by atoms with van der Waals surface area (Å²) in [6.45, 7) is 2.73. The fourth-order valence-electron chi connectivity index (χ4n) is 4.22. The fraction of sp³-hybridized carbons (Fsp3) is 0.588. The van der Waals surface area contributed by atoms with Crippen LogP contribution in [0.3, 0.4) is 0 Å². The van der Waals surface area contributed by atoms with Gasteiger partial charge in [0.2, 0.25) is 5.88 Å². The van der Waals surface area contributed by atoms with E-state index in [-0.39, 0.29) is 11.9 Å². The Morgan fingerprint density at radius 2 is 2.17 bits per heavy atom. The van der Waals surface area contributed by atoms with Crippen molar-refractivity contribution in [2.45, 2.75) is 45.1 Å². The highest BCUT2D eigenvalue weighted by molar-refractivity contribution is 5.94. The van der Waals surface area contributed by atoms with Gasteiger partial charge < -0.3 is 9.64 Å². The molecular formula is C17H23N5O2. The van der Waals surface area contributed by atoms with Crippen molar-refractivity contribution >= 4 is 5.91 Å². The summed E-state index contributed by atoms with van der Waals surface area (Å²) in [6, 6.07) is 0.00917. The zero-order chi connectivity index (χ0) is 16.8. The van der Waals surface area contributed by atoms with Crippen LogP contribution in [0.25, 0.3) is 0 Å². The van der Waals surface area contributed by atoms with Gasteiger partial charge in [0.15, 0.2) is 5.69 Å². The van der Waals surface area contributed by atoms with Crippen molar-refractivity contribution in [3.05, 3.63) is 28.2 Å². The van der Waals surface area contributed by atoms with Crippen LogP contribution in [0.2, 0.25) is 0 Å². The van der Waals surface area contributed by atoms with Gasteiger partial charge in [0.25, 0.3) is 5.91 Å². The molecule has 7 nitrogen and oxygen atoms in total. The molecule has 0 spiro atoms. The second-order valence-corrected chi connectivity index (χ2v) is 6.67. The second kappa shape index (κ2) is 5.65. The van der Waals surface area contributed by atoms with Crippen LogP contribution in [0.1, 0.15) is 58.3 Å². The summed E-state index contributed by atoms with van der Waals surface area (Å²) < 4.78 is 7.29. The number of carbonyl (C=O) groups excluding carboxylic acids is 1. The number of methoxy groups -OCH3 is 1. The molecule has 0 saturated carbocycles. The van der Waals surface area contributed by atoms with Crippen molar-refractivity contribution in [2.24, 2.45) is 7.05 Å². The molecular weight excluding hydrogens is 306 g/mol. The average molecular weight is 329 g/mol. The van der Waals surface area contributed by atoms with Crippen LogP contribution in [0.5, 0.6) is 5.88 Å². The molecule has 0 aromatic carbocycles. The van der Waals surface area contributed by atoms with E-state index in [9.17, 15) is 4.79 Å². The first kappa shape index (κ1) is 15.2. The maximum atomic E-state index is 13.1. The van der Waals surface area contributed by atoms with E-state index in [1.54, 1.807) is 11.8 Å².